The summed E-state index contributed by atoms with van der Waals surface area (Å²) >= 11 is 0. The van der Waals surface area contributed by atoms with E-state index in [9.17, 15) is 26.4 Å². The molecule has 6 aliphatic rings. The molecule has 12 heteroatoms. The molecule has 3 atom stereocenters. The largest absolute Gasteiger partial charge is 0.332 e. The predicted octanol–water partition coefficient (Wildman–Crippen LogP) is 6.29. The Balaban J connectivity index is 0.954. The molecule has 0 saturated heterocycles. The Hall–Kier alpha value is -3.12. The highest BCUT2D eigenvalue weighted by atomic mass is 32.2. The normalized spacial score (nSPS) is 24.6. The summed E-state index contributed by atoms with van der Waals surface area (Å²) in [6.45, 7) is 0. The SMILES string of the molecule is O=C(Nc1c2c(cc3c1CCC3)CCC2)NS(=O)(=O)C1CCC(C2CCc3c2cc2c(c3NC(=O)NS(=O)(=O)C3CCCCC3)CCC2)C1. The molecular formula is C37H48N4O6S2. The van der Waals surface area contributed by atoms with Crippen molar-refractivity contribution in [3.8, 4) is 0 Å². The Morgan fingerprint density at radius 2 is 1.06 bits per heavy atom. The van der Waals surface area contributed by atoms with Crippen LogP contribution in [-0.2, 0) is 65.0 Å². The first-order chi connectivity index (χ1) is 23.6. The summed E-state index contributed by atoms with van der Waals surface area (Å²) < 4.78 is 57.9. The van der Waals surface area contributed by atoms with Gasteiger partial charge in [0.05, 0.1) is 10.5 Å². The lowest BCUT2D eigenvalue weighted by Crippen LogP contribution is -2.41. The standard InChI is InChI=1S/C37H48N4O6S2/c42-36(38-34-29-12-4-7-22(29)19-23-8-5-13-30(23)34)41-49(46,47)27-16-15-25(20-27)28-17-18-32-33(28)21-24-9-6-14-31(24)35(32)39-37(43)40-48(44,45)26-10-2-1-3-11-26/h19,21,25-28H,1-18,20H2,(H2,38,41,42)(H2,39,40,43). The lowest BCUT2D eigenvalue weighted by Gasteiger charge is -2.24. The van der Waals surface area contributed by atoms with Gasteiger partial charge in [-0.1, -0.05) is 31.4 Å². The van der Waals surface area contributed by atoms with E-state index in [0.29, 0.717) is 25.7 Å². The molecule has 4 N–H and O–H groups in total. The highest BCUT2D eigenvalue weighted by Gasteiger charge is 2.42. The van der Waals surface area contributed by atoms with Gasteiger partial charge < -0.3 is 10.6 Å². The maximum atomic E-state index is 13.6. The molecule has 0 bridgehead atoms. The molecule has 0 aromatic heterocycles. The third-order valence-corrected chi connectivity index (χ3v) is 16.1. The zero-order valence-corrected chi connectivity index (χ0v) is 29.8. The molecule has 0 radical (unpaired) electrons. The van der Waals surface area contributed by atoms with Crippen LogP contribution in [0, 0.1) is 5.92 Å². The summed E-state index contributed by atoms with van der Waals surface area (Å²) in [4.78, 5) is 26.4. The Labute approximate surface area is 290 Å². The van der Waals surface area contributed by atoms with E-state index in [1.165, 1.54) is 16.7 Å². The minimum atomic E-state index is -3.89. The van der Waals surface area contributed by atoms with Crippen molar-refractivity contribution in [2.75, 3.05) is 10.6 Å². The van der Waals surface area contributed by atoms with Crippen molar-refractivity contribution in [1.29, 1.82) is 0 Å². The second-order valence-corrected chi connectivity index (χ2v) is 19.3. The topological polar surface area (TPSA) is 151 Å². The first-order valence-electron chi connectivity index (χ1n) is 18.6. The van der Waals surface area contributed by atoms with Crippen LogP contribution >= 0.6 is 0 Å². The van der Waals surface area contributed by atoms with Gasteiger partial charge in [-0.05, 0) is 159 Å². The van der Waals surface area contributed by atoms with Crippen molar-refractivity contribution >= 4 is 43.5 Å². The van der Waals surface area contributed by atoms with Crippen LogP contribution in [0.15, 0.2) is 12.1 Å². The lowest BCUT2D eigenvalue weighted by atomic mass is 9.85. The summed E-state index contributed by atoms with van der Waals surface area (Å²) in [5, 5.41) is 4.77. The van der Waals surface area contributed by atoms with Crippen LogP contribution in [-0.4, -0.2) is 39.4 Å². The van der Waals surface area contributed by atoms with E-state index in [4.69, 9.17) is 0 Å². The number of nitrogens with one attached hydrogen (secondary N) is 4. The molecule has 264 valence electrons. The third kappa shape index (κ3) is 6.25. The lowest BCUT2D eigenvalue weighted by molar-refractivity contribution is 0.255. The van der Waals surface area contributed by atoms with Crippen molar-refractivity contribution < 1.29 is 26.4 Å². The average molecular weight is 709 g/mol. The van der Waals surface area contributed by atoms with Crippen LogP contribution < -0.4 is 20.1 Å². The highest BCUT2D eigenvalue weighted by molar-refractivity contribution is 7.91. The quantitative estimate of drug-likeness (QED) is 0.266. The van der Waals surface area contributed by atoms with E-state index in [1.807, 2.05) is 0 Å². The maximum absolute atomic E-state index is 13.6. The summed E-state index contributed by atoms with van der Waals surface area (Å²) in [7, 11) is -7.65. The number of hydrogen-bond acceptors (Lipinski definition) is 6. The van der Waals surface area contributed by atoms with Crippen molar-refractivity contribution in [1.82, 2.24) is 9.44 Å². The molecule has 4 amide bonds. The number of sulfonamides is 2. The second kappa shape index (κ2) is 12.9. The molecule has 0 aliphatic heterocycles. The van der Waals surface area contributed by atoms with Crippen LogP contribution in [0.2, 0.25) is 0 Å². The highest BCUT2D eigenvalue weighted by Crippen LogP contribution is 2.50. The van der Waals surface area contributed by atoms with Gasteiger partial charge in [-0.15, -0.1) is 0 Å². The maximum Gasteiger partial charge on any atom is 0.332 e. The summed E-state index contributed by atoms with van der Waals surface area (Å²) in [5.74, 6) is 0.290. The first kappa shape index (κ1) is 33.0. The fourth-order valence-corrected chi connectivity index (χ4v) is 13.0. The predicted molar refractivity (Wildman–Crippen MR) is 190 cm³/mol. The number of anilines is 2. The number of aryl methyl sites for hydroxylation is 3. The van der Waals surface area contributed by atoms with Gasteiger partial charge >= 0.3 is 12.1 Å². The van der Waals surface area contributed by atoms with Gasteiger partial charge in [0.2, 0.25) is 20.0 Å². The van der Waals surface area contributed by atoms with Crippen LogP contribution in [0.1, 0.15) is 127 Å². The van der Waals surface area contributed by atoms with Crippen LogP contribution in [0.4, 0.5) is 21.0 Å². The van der Waals surface area contributed by atoms with E-state index in [0.717, 1.165) is 136 Å². The molecule has 2 aromatic carbocycles. The molecule has 2 aromatic rings. The van der Waals surface area contributed by atoms with Gasteiger partial charge in [-0.3, -0.25) is 0 Å². The molecule has 0 heterocycles. The summed E-state index contributed by atoms with van der Waals surface area (Å²) in [6, 6.07) is 3.19. The number of carbonyl (C=O) groups excluding carboxylic acids is 2. The molecule has 10 nitrogen and oxygen atoms in total. The van der Waals surface area contributed by atoms with Crippen molar-refractivity contribution in [3.63, 3.8) is 0 Å². The number of urea groups is 2. The molecular weight excluding hydrogens is 661 g/mol. The van der Waals surface area contributed by atoms with E-state index in [1.54, 1.807) is 0 Å². The Morgan fingerprint density at radius 3 is 1.65 bits per heavy atom. The molecule has 49 heavy (non-hydrogen) atoms. The second-order valence-electron chi connectivity index (χ2n) is 15.3. The van der Waals surface area contributed by atoms with Gasteiger partial charge in [-0.25, -0.2) is 35.9 Å². The molecule has 2 saturated carbocycles. The fourth-order valence-electron chi connectivity index (χ4n) is 10.2. The summed E-state index contributed by atoms with van der Waals surface area (Å²) in [6.07, 6.45) is 15.9. The van der Waals surface area contributed by atoms with E-state index in [-0.39, 0.29) is 11.8 Å². The molecule has 2 fully saturated rings. The van der Waals surface area contributed by atoms with Gasteiger partial charge in [0, 0.05) is 11.4 Å². The zero-order valence-electron chi connectivity index (χ0n) is 28.2. The summed E-state index contributed by atoms with van der Waals surface area (Å²) in [5.41, 5.74) is 11.0. The zero-order chi connectivity index (χ0) is 33.9. The van der Waals surface area contributed by atoms with Crippen LogP contribution in [0.5, 0.6) is 0 Å². The Morgan fingerprint density at radius 1 is 0.531 bits per heavy atom. The Bertz CT molecular complexity index is 1890. The van der Waals surface area contributed by atoms with Crippen LogP contribution in [0.25, 0.3) is 0 Å². The molecule has 0 spiro atoms. The van der Waals surface area contributed by atoms with E-state index < -0.39 is 42.6 Å². The van der Waals surface area contributed by atoms with Gasteiger partial charge in [0.25, 0.3) is 0 Å². The van der Waals surface area contributed by atoms with E-state index >= 15 is 0 Å². The Kier molecular flexibility index (Phi) is 8.69. The van der Waals surface area contributed by atoms with Gasteiger partial charge in [-0.2, -0.15) is 0 Å². The molecule has 6 aliphatic carbocycles. The minimum absolute atomic E-state index is 0.138. The number of hydrogen-bond donors (Lipinski definition) is 4. The number of carbonyl (C=O) groups is 2. The number of benzene rings is 2. The molecule has 3 unspecified atom stereocenters. The number of amides is 4. The average Bonchev–Trinajstić information content (AvgIpc) is 3.90. The molecule has 8 rings (SSSR count). The van der Waals surface area contributed by atoms with Crippen LogP contribution in [0.3, 0.4) is 0 Å². The smallest absolute Gasteiger partial charge is 0.307 e. The third-order valence-electron chi connectivity index (χ3n) is 12.5. The van der Waals surface area contributed by atoms with Crippen molar-refractivity contribution in [2.24, 2.45) is 5.92 Å². The van der Waals surface area contributed by atoms with Crippen molar-refractivity contribution in [3.05, 3.63) is 56.6 Å². The number of fused-ring (bicyclic) bond motifs is 4. The monoisotopic (exact) mass is 708 g/mol. The first-order valence-corrected chi connectivity index (χ1v) is 21.7. The minimum Gasteiger partial charge on any atom is -0.307 e. The fraction of sp³-hybridized carbons (Fsp3) is 0.622. The number of rotatable bonds is 7. The van der Waals surface area contributed by atoms with Crippen molar-refractivity contribution in [2.45, 2.75) is 138 Å². The van der Waals surface area contributed by atoms with E-state index in [2.05, 4.69) is 32.2 Å². The van der Waals surface area contributed by atoms with Gasteiger partial charge in [0.1, 0.15) is 0 Å². The van der Waals surface area contributed by atoms with Gasteiger partial charge in [0.15, 0.2) is 0 Å².